The van der Waals surface area contributed by atoms with Gasteiger partial charge in [0.25, 0.3) is 0 Å². The highest BCUT2D eigenvalue weighted by Gasteiger charge is 2.39. The molecule has 0 heterocycles. The fourth-order valence-corrected chi connectivity index (χ4v) is 1.40. The Morgan fingerprint density at radius 2 is 1.69 bits per heavy atom. The first-order chi connectivity index (χ1) is 6.92. The van der Waals surface area contributed by atoms with Crippen molar-refractivity contribution in [3.05, 3.63) is 0 Å². The maximum atomic E-state index is 11.7. The van der Waals surface area contributed by atoms with E-state index in [9.17, 15) is 18.0 Å². The van der Waals surface area contributed by atoms with Gasteiger partial charge in [-0.1, -0.05) is 0 Å². The van der Waals surface area contributed by atoms with E-state index in [1.165, 1.54) is 27.8 Å². The molecule has 0 saturated heterocycles. The zero-order valence-corrected chi connectivity index (χ0v) is 10.8. The zero-order chi connectivity index (χ0) is 13.3. The number of carbonyl (C=O) groups is 2. The smallest absolute Gasteiger partial charge is 0.329 e. The highest BCUT2D eigenvalue weighted by atomic mass is 32.2. The maximum absolute atomic E-state index is 11.7. The summed E-state index contributed by atoms with van der Waals surface area (Å²) in [5.74, 6) is -1.92. The molecule has 0 aromatic rings. The monoisotopic (exact) mass is 251 g/mol. The number of carboxylic acid groups (broad SMARTS) is 1. The second-order valence-electron chi connectivity index (χ2n) is 4.23. The molecule has 1 N–H and O–H groups in total. The van der Waals surface area contributed by atoms with Crippen LogP contribution in [0.25, 0.3) is 0 Å². The Morgan fingerprint density at radius 3 is 1.94 bits per heavy atom. The van der Waals surface area contributed by atoms with Crippen molar-refractivity contribution in [2.45, 2.75) is 31.6 Å². The van der Waals surface area contributed by atoms with Gasteiger partial charge in [-0.25, -0.2) is 13.2 Å². The van der Waals surface area contributed by atoms with Gasteiger partial charge >= 0.3 is 5.97 Å². The Labute approximate surface area is 95.2 Å². The minimum absolute atomic E-state index is 0.727. The van der Waals surface area contributed by atoms with Crippen LogP contribution in [0, 0.1) is 0 Å². The van der Waals surface area contributed by atoms with E-state index in [2.05, 4.69) is 0 Å². The SMILES string of the molecule is CC(C(=O)N(C)C(C)(C)C(=O)O)S(C)(=O)=O. The van der Waals surface area contributed by atoms with E-state index in [1.807, 2.05) is 0 Å². The topological polar surface area (TPSA) is 91.8 Å². The third-order valence-corrected chi connectivity index (χ3v) is 4.17. The van der Waals surface area contributed by atoms with Crippen molar-refractivity contribution in [3.8, 4) is 0 Å². The summed E-state index contributed by atoms with van der Waals surface area (Å²) in [6, 6.07) is 0. The molecule has 0 radical (unpaired) electrons. The highest BCUT2D eigenvalue weighted by molar-refractivity contribution is 7.92. The normalized spacial score (nSPS) is 14.3. The summed E-state index contributed by atoms with van der Waals surface area (Å²) in [4.78, 5) is 23.6. The van der Waals surface area contributed by atoms with Crippen LogP contribution in [0.4, 0.5) is 0 Å². The molecule has 0 aromatic carbocycles. The molecule has 0 aromatic heterocycles. The van der Waals surface area contributed by atoms with E-state index in [4.69, 9.17) is 5.11 Å². The standard InChI is InChI=1S/C9H17NO5S/c1-6(16(5,14)15)7(11)10(4)9(2,3)8(12)13/h6H,1-5H3,(H,12,13). The molecule has 1 atom stereocenters. The van der Waals surface area contributed by atoms with E-state index in [0.717, 1.165) is 11.2 Å². The molecule has 0 bridgehead atoms. The molecule has 0 fully saturated rings. The molecule has 0 aliphatic carbocycles. The third-order valence-electron chi connectivity index (χ3n) is 2.68. The van der Waals surface area contributed by atoms with Gasteiger partial charge in [-0.3, -0.25) is 4.79 Å². The predicted molar refractivity (Wildman–Crippen MR) is 58.8 cm³/mol. The molecule has 6 nitrogen and oxygen atoms in total. The van der Waals surface area contributed by atoms with E-state index in [-0.39, 0.29) is 0 Å². The lowest BCUT2D eigenvalue weighted by molar-refractivity contribution is -0.155. The first-order valence-corrected chi connectivity index (χ1v) is 6.57. The fourth-order valence-electron chi connectivity index (χ4n) is 0.875. The van der Waals surface area contributed by atoms with E-state index >= 15 is 0 Å². The van der Waals surface area contributed by atoms with Gasteiger partial charge in [0.15, 0.2) is 9.84 Å². The van der Waals surface area contributed by atoms with Crippen molar-refractivity contribution in [3.63, 3.8) is 0 Å². The number of hydrogen-bond acceptors (Lipinski definition) is 4. The number of aliphatic carboxylic acids is 1. The van der Waals surface area contributed by atoms with Gasteiger partial charge in [0.2, 0.25) is 5.91 Å². The lowest BCUT2D eigenvalue weighted by Crippen LogP contribution is -2.54. The first kappa shape index (κ1) is 14.9. The van der Waals surface area contributed by atoms with E-state index < -0.39 is 32.5 Å². The Hall–Kier alpha value is -1.11. The quantitative estimate of drug-likeness (QED) is 0.743. The molecule has 7 heteroatoms. The number of nitrogens with zero attached hydrogens (tertiary/aromatic N) is 1. The van der Waals surface area contributed by atoms with Gasteiger partial charge in [0.1, 0.15) is 10.8 Å². The summed E-state index contributed by atoms with van der Waals surface area (Å²) >= 11 is 0. The summed E-state index contributed by atoms with van der Waals surface area (Å²) in [6.07, 6.45) is 0.942. The van der Waals surface area contributed by atoms with Crippen LogP contribution < -0.4 is 0 Å². The van der Waals surface area contributed by atoms with Gasteiger partial charge in [-0.05, 0) is 20.8 Å². The van der Waals surface area contributed by atoms with E-state index in [1.54, 1.807) is 0 Å². The molecule has 94 valence electrons. The van der Waals surface area contributed by atoms with Crippen molar-refractivity contribution >= 4 is 21.7 Å². The molecule has 0 spiro atoms. The predicted octanol–water partition coefficient (Wildman–Crippen LogP) is -0.259. The number of rotatable bonds is 4. The Kier molecular flexibility index (Phi) is 4.10. The maximum Gasteiger partial charge on any atom is 0.329 e. The Bertz CT molecular complexity index is 398. The van der Waals surface area contributed by atoms with Gasteiger partial charge in [-0.2, -0.15) is 0 Å². The van der Waals surface area contributed by atoms with Crippen LogP contribution in [0.1, 0.15) is 20.8 Å². The number of likely N-dealkylation sites (N-methyl/N-ethyl adjacent to an activating group) is 1. The minimum atomic E-state index is -3.52. The number of carbonyl (C=O) groups excluding carboxylic acids is 1. The molecule has 16 heavy (non-hydrogen) atoms. The average molecular weight is 251 g/mol. The second kappa shape index (κ2) is 4.40. The lowest BCUT2D eigenvalue weighted by atomic mass is 10.0. The van der Waals surface area contributed by atoms with Gasteiger partial charge in [-0.15, -0.1) is 0 Å². The van der Waals surface area contributed by atoms with Crippen LogP contribution in [0.5, 0.6) is 0 Å². The van der Waals surface area contributed by atoms with Crippen LogP contribution in [0.2, 0.25) is 0 Å². The lowest BCUT2D eigenvalue weighted by Gasteiger charge is -2.33. The van der Waals surface area contributed by atoms with Gasteiger partial charge in [0.05, 0.1) is 0 Å². The number of amides is 1. The number of carboxylic acids is 1. The fraction of sp³-hybridized carbons (Fsp3) is 0.778. The van der Waals surface area contributed by atoms with Crippen molar-refractivity contribution < 1.29 is 23.1 Å². The summed E-state index contributed by atoms with van der Waals surface area (Å²) in [6.45, 7) is 3.91. The van der Waals surface area contributed by atoms with Crippen LogP contribution >= 0.6 is 0 Å². The van der Waals surface area contributed by atoms with Crippen LogP contribution in [0.15, 0.2) is 0 Å². The minimum Gasteiger partial charge on any atom is -0.480 e. The molecule has 0 aliphatic heterocycles. The number of sulfone groups is 1. The molecule has 0 aliphatic rings. The largest absolute Gasteiger partial charge is 0.480 e. The van der Waals surface area contributed by atoms with Gasteiger partial charge in [0, 0.05) is 13.3 Å². The van der Waals surface area contributed by atoms with Crippen LogP contribution in [-0.2, 0) is 19.4 Å². The molecule has 1 unspecified atom stereocenters. The molecular formula is C9H17NO5S. The summed E-state index contributed by atoms with van der Waals surface area (Å²) in [5, 5.41) is 7.66. The molecule has 1 amide bonds. The summed E-state index contributed by atoms with van der Waals surface area (Å²) in [5.41, 5.74) is -1.43. The molecule has 0 rings (SSSR count). The Balaban J connectivity index is 5.11. The highest BCUT2D eigenvalue weighted by Crippen LogP contribution is 2.15. The molecule has 0 saturated carbocycles. The van der Waals surface area contributed by atoms with Crippen molar-refractivity contribution in [2.24, 2.45) is 0 Å². The second-order valence-corrected chi connectivity index (χ2v) is 6.60. The van der Waals surface area contributed by atoms with Crippen molar-refractivity contribution in [1.82, 2.24) is 4.90 Å². The average Bonchev–Trinajstić information content (AvgIpc) is 2.12. The summed E-state index contributed by atoms with van der Waals surface area (Å²) in [7, 11) is -2.24. The van der Waals surface area contributed by atoms with E-state index in [0.29, 0.717) is 0 Å². The third kappa shape index (κ3) is 2.94. The van der Waals surface area contributed by atoms with Crippen LogP contribution in [0.3, 0.4) is 0 Å². The van der Waals surface area contributed by atoms with Crippen molar-refractivity contribution in [2.75, 3.05) is 13.3 Å². The Morgan fingerprint density at radius 1 is 1.31 bits per heavy atom. The zero-order valence-electron chi connectivity index (χ0n) is 10.0. The summed E-state index contributed by atoms with van der Waals surface area (Å²) < 4.78 is 22.4. The first-order valence-electron chi connectivity index (χ1n) is 4.62. The van der Waals surface area contributed by atoms with Crippen molar-refractivity contribution in [1.29, 1.82) is 0 Å². The van der Waals surface area contributed by atoms with Crippen LogP contribution in [-0.4, -0.2) is 54.4 Å². The van der Waals surface area contributed by atoms with Gasteiger partial charge < -0.3 is 10.0 Å². The molecular weight excluding hydrogens is 234 g/mol. The number of hydrogen-bond donors (Lipinski definition) is 1.